The van der Waals surface area contributed by atoms with Gasteiger partial charge in [0.15, 0.2) is 5.65 Å². The molecule has 1 aromatic carbocycles. The van der Waals surface area contributed by atoms with Crippen molar-refractivity contribution >= 4 is 34.1 Å². The number of aromatic nitrogens is 4. The summed E-state index contributed by atoms with van der Waals surface area (Å²) < 4.78 is 3.85. The molecule has 26 heavy (non-hydrogen) atoms. The summed E-state index contributed by atoms with van der Waals surface area (Å²) in [6.45, 7) is 0.572. The molecule has 0 bridgehead atoms. The minimum atomic E-state index is -0.0917. The average molecular weight is 368 g/mol. The zero-order valence-corrected chi connectivity index (χ0v) is 15.1. The van der Waals surface area contributed by atoms with Crippen molar-refractivity contribution in [3.63, 3.8) is 0 Å². The van der Waals surface area contributed by atoms with Crippen molar-refractivity contribution in [1.29, 1.82) is 0 Å². The lowest BCUT2D eigenvalue weighted by atomic mass is 10.2. The van der Waals surface area contributed by atoms with Gasteiger partial charge >= 0.3 is 0 Å². The Morgan fingerprint density at radius 1 is 1.19 bits per heavy atom. The smallest absolute Gasteiger partial charge is 0.267 e. The van der Waals surface area contributed by atoms with Crippen LogP contribution in [-0.2, 0) is 13.5 Å². The maximum atomic E-state index is 12.5. The van der Waals surface area contributed by atoms with Gasteiger partial charge in [0, 0.05) is 42.1 Å². The van der Waals surface area contributed by atoms with Gasteiger partial charge in [-0.3, -0.25) is 9.20 Å². The second-order valence-corrected chi connectivity index (χ2v) is 6.63. The lowest BCUT2D eigenvalue weighted by Crippen LogP contribution is -2.26. The van der Waals surface area contributed by atoms with Crippen LogP contribution >= 0.6 is 11.6 Å². The van der Waals surface area contributed by atoms with Crippen molar-refractivity contribution < 1.29 is 4.79 Å². The Labute approximate surface area is 155 Å². The molecule has 0 aliphatic carbocycles. The van der Waals surface area contributed by atoms with Crippen molar-refractivity contribution in [3.05, 3.63) is 65.2 Å². The molecule has 0 radical (unpaired) electrons. The molecule has 0 aliphatic rings. The van der Waals surface area contributed by atoms with Crippen LogP contribution in [-0.4, -0.2) is 31.6 Å². The normalized spacial score (nSPS) is 11.3. The van der Waals surface area contributed by atoms with E-state index < -0.39 is 0 Å². The van der Waals surface area contributed by atoms with E-state index in [0.29, 0.717) is 17.3 Å². The molecule has 0 saturated carbocycles. The van der Waals surface area contributed by atoms with E-state index in [9.17, 15) is 4.79 Å². The number of aryl methyl sites for hydroxylation is 2. The van der Waals surface area contributed by atoms with E-state index in [-0.39, 0.29) is 5.91 Å². The lowest BCUT2D eigenvalue weighted by Gasteiger charge is -2.06. The average Bonchev–Trinajstić information content (AvgIpc) is 3.20. The van der Waals surface area contributed by atoms with Crippen LogP contribution in [0.25, 0.3) is 16.6 Å². The number of halogens is 1. The maximum Gasteiger partial charge on any atom is 0.267 e. The third kappa shape index (κ3) is 3.04. The molecule has 0 fully saturated rings. The standard InChI is InChI=1S/C19H18ClN5O/c1-24-15-8-7-14(20)11-13(15)12-16(24)19(26)21-9-4-6-18-23-22-17-5-2-3-10-25(17)18/h2-3,5,7-8,10-12H,4,6,9H2,1H3,(H,21,26). The summed E-state index contributed by atoms with van der Waals surface area (Å²) in [6.07, 6.45) is 3.48. The highest BCUT2D eigenvalue weighted by atomic mass is 35.5. The second-order valence-electron chi connectivity index (χ2n) is 6.20. The fourth-order valence-corrected chi connectivity index (χ4v) is 3.32. The quantitative estimate of drug-likeness (QED) is 0.551. The lowest BCUT2D eigenvalue weighted by molar-refractivity contribution is 0.0945. The zero-order chi connectivity index (χ0) is 18.1. The van der Waals surface area contributed by atoms with Crippen LogP contribution in [0.2, 0.25) is 5.02 Å². The number of benzene rings is 1. The van der Waals surface area contributed by atoms with E-state index in [0.717, 1.165) is 35.2 Å². The van der Waals surface area contributed by atoms with E-state index in [1.54, 1.807) is 0 Å². The Morgan fingerprint density at radius 3 is 2.96 bits per heavy atom. The predicted molar refractivity (Wildman–Crippen MR) is 102 cm³/mol. The third-order valence-corrected chi connectivity index (χ3v) is 4.72. The number of rotatable bonds is 5. The fourth-order valence-electron chi connectivity index (χ4n) is 3.14. The summed E-state index contributed by atoms with van der Waals surface area (Å²) in [7, 11) is 1.88. The first-order valence-corrected chi connectivity index (χ1v) is 8.83. The van der Waals surface area contributed by atoms with Gasteiger partial charge in [-0.2, -0.15) is 0 Å². The number of fused-ring (bicyclic) bond motifs is 2. The molecular weight excluding hydrogens is 350 g/mol. The number of carbonyl (C=O) groups excluding carboxylic acids is 1. The first kappa shape index (κ1) is 16.6. The van der Waals surface area contributed by atoms with E-state index in [2.05, 4.69) is 15.5 Å². The monoisotopic (exact) mass is 367 g/mol. The highest BCUT2D eigenvalue weighted by Crippen LogP contribution is 2.22. The summed E-state index contributed by atoms with van der Waals surface area (Å²) in [5.74, 6) is 0.806. The van der Waals surface area contributed by atoms with Gasteiger partial charge in [-0.1, -0.05) is 17.7 Å². The van der Waals surface area contributed by atoms with Gasteiger partial charge in [-0.15, -0.1) is 10.2 Å². The van der Waals surface area contributed by atoms with Gasteiger partial charge in [0.05, 0.1) is 0 Å². The molecule has 0 atom stereocenters. The highest BCUT2D eigenvalue weighted by molar-refractivity contribution is 6.31. The van der Waals surface area contributed by atoms with Gasteiger partial charge in [0.2, 0.25) is 0 Å². The minimum absolute atomic E-state index is 0.0917. The number of hydrogen-bond donors (Lipinski definition) is 1. The van der Waals surface area contributed by atoms with Gasteiger partial charge in [0.25, 0.3) is 5.91 Å². The van der Waals surface area contributed by atoms with Crippen LogP contribution in [0.15, 0.2) is 48.7 Å². The van der Waals surface area contributed by atoms with Crippen LogP contribution < -0.4 is 5.32 Å². The third-order valence-electron chi connectivity index (χ3n) is 4.48. The first-order chi connectivity index (χ1) is 12.6. The minimum Gasteiger partial charge on any atom is -0.351 e. The maximum absolute atomic E-state index is 12.5. The zero-order valence-electron chi connectivity index (χ0n) is 14.3. The Hall–Kier alpha value is -2.86. The number of carbonyl (C=O) groups is 1. The molecule has 3 aromatic heterocycles. The molecule has 7 heteroatoms. The molecule has 3 heterocycles. The Balaban J connectivity index is 1.39. The molecular formula is C19H18ClN5O. The summed E-state index contributed by atoms with van der Waals surface area (Å²) >= 11 is 6.03. The highest BCUT2D eigenvalue weighted by Gasteiger charge is 2.13. The Bertz CT molecular complexity index is 1100. The van der Waals surface area contributed by atoms with Crippen LogP contribution in [0.4, 0.5) is 0 Å². The van der Waals surface area contributed by atoms with Gasteiger partial charge in [-0.25, -0.2) is 0 Å². The Kier molecular flexibility index (Phi) is 4.34. The summed E-state index contributed by atoms with van der Waals surface area (Å²) in [5, 5.41) is 12.9. The number of nitrogens with one attached hydrogen (secondary N) is 1. The molecule has 0 unspecified atom stereocenters. The van der Waals surface area contributed by atoms with E-state index in [1.807, 2.05) is 64.7 Å². The molecule has 6 nitrogen and oxygen atoms in total. The number of amides is 1. The topological polar surface area (TPSA) is 64.2 Å². The largest absolute Gasteiger partial charge is 0.351 e. The second kappa shape index (κ2) is 6.80. The number of pyridine rings is 1. The number of nitrogens with zero attached hydrogens (tertiary/aromatic N) is 4. The fraction of sp³-hybridized carbons (Fsp3) is 0.211. The molecule has 0 saturated heterocycles. The molecule has 132 valence electrons. The van der Waals surface area contributed by atoms with Crippen molar-refractivity contribution in [1.82, 2.24) is 24.5 Å². The molecule has 1 N–H and O–H groups in total. The molecule has 4 aromatic rings. The van der Waals surface area contributed by atoms with Crippen LogP contribution in [0.1, 0.15) is 22.7 Å². The van der Waals surface area contributed by atoms with E-state index in [4.69, 9.17) is 11.6 Å². The predicted octanol–water partition coefficient (Wildman–Crippen LogP) is 3.24. The van der Waals surface area contributed by atoms with Crippen LogP contribution in [0, 0.1) is 0 Å². The van der Waals surface area contributed by atoms with Crippen LogP contribution in [0.5, 0.6) is 0 Å². The summed E-state index contributed by atoms with van der Waals surface area (Å²) in [4.78, 5) is 12.5. The summed E-state index contributed by atoms with van der Waals surface area (Å²) in [6, 6.07) is 13.3. The van der Waals surface area contributed by atoms with Crippen LogP contribution in [0.3, 0.4) is 0 Å². The van der Waals surface area contributed by atoms with Crippen molar-refractivity contribution in [2.24, 2.45) is 7.05 Å². The molecule has 4 rings (SSSR count). The van der Waals surface area contributed by atoms with Gasteiger partial charge in [0.1, 0.15) is 11.5 Å². The van der Waals surface area contributed by atoms with E-state index in [1.165, 1.54) is 0 Å². The van der Waals surface area contributed by atoms with Gasteiger partial charge in [-0.05, 0) is 42.8 Å². The van der Waals surface area contributed by atoms with Crippen molar-refractivity contribution in [2.75, 3.05) is 6.54 Å². The first-order valence-electron chi connectivity index (χ1n) is 8.45. The van der Waals surface area contributed by atoms with Crippen molar-refractivity contribution in [3.8, 4) is 0 Å². The number of hydrogen-bond acceptors (Lipinski definition) is 3. The van der Waals surface area contributed by atoms with E-state index >= 15 is 0 Å². The van der Waals surface area contributed by atoms with Crippen molar-refractivity contribution in [2.45, 2.75) is 12.8 Å². The molecule has 0 aliphatic heterocycles. The molecule has 0 spiro atoms. The molecule has 1 amide bonds. The van der Waals surface area contributed by atoms with Gasteiger partial charge < -0.3 is 9.88 Å². The Morgan fingerprint density at radius 2 is 2.08 bits per heavy atom. The SMILES string of the molecule is Cn1c(C(=O)NCCCc2nnc3ccccn23)cc2cc(Cl)ccc21. The summed E-state index contributed by atoms with van der Waals surface area (Å²) in [5.41, 5.74) is 2.44.